The van der Waals surface area contributed by atoms with Crippen LogP contribution in [0.3, 0.4) is 0 Å². The molecule has 0 aromatic heterocycles. The second kappa shape index (κ2) is 5.79. The van der Waals surface area contributed by atoms with Crippen LogP contribution >= 0.6 is 15.9 Å². The molecule has 0 N–H and O–H groups in total. The molecule has 0 amide bonds. The van der Waals surface area contributed by atoms with E-state index in [1.165, 1.54) is 12.1 Å². The van der Waals surface area contributed by atoms with E-state index in [-0.39, 0.29) is 17.8 Å². The fourth-order valence-corrected chi connectivity index (χ4v) is 2.25. The lowest BCUT2D eigenvalue weighted by molar-refractivity contribution is -0.137. The van der Waals surface area contributed by atoms with Gasteiger partial charge in [0.05, 0.1) is 5.56 Å². The van der Waals surface area contributed by atoms with E-state index >= 15 is 0 Å². The zero-order valence-corrected chi connectivity index (χ0v) is 11.8. The normalized spacial score (nSPS) is 11.4. The average molecular weight is 343 g/mol. The van der Waals surface area contributed by atoms with Crippen molar-refractivity contribution in [3.8, 4) is 0 Å². The van der Waals surface area contributed by atoms with Crippen LogP contribution in [0.25, 0.3) is 0 Å². The smallest absolute Gasteiger partial charge is 0.294 e. The molecule has 0 bridgehead atoms. The van der Waals surface area contributed by atoms with Gasteiger partial charge in [-0.1, -0.05) is 40.2 Å². The SMILES string of the molecule is O=C(Cc1cccc(Br)c1)c1cccc(C(F)(F)F)c1. The Morgan fingerprint density at radius 2 is 1.75 bits per heavy atom. The van der Waals surface area contributed by atoms with Crippen molar-refractivity contribution >= 4 is 21.7 Å². The van der Waals surface area contributed by atoms with Gasteiger partial charge >= 0.3 is 6.18 Å². The van der Waals surface area contributed by atoms with Gasteiger partial charge in [-0.3, -0.25) is 4.79 Å². The maximum absolute atomic E-state index is 12.6. The first-order valence-electron chi connectivity index (χ1n) is 5.81. The van der Waals surface area contributed by atoms with Gasteiger partial charge in [0.2, 0.25) is 0 Å². The molecule has 5 heteroatoms. The van der Waals surface area contributed by atoms with E-state index < -0.39 is 11.7 Å². The number of carbonyl (C=O) groups is 1. The van der Waals surface area contributed by atoms with Crippen molar-refractivity contribution < 1.29 is 18.0 Å². The number of hydrogen-bond acceptors (Lipinski definition) is 1. The quantitative estimate of drug-likeness (QED) is 0.725. The largest absolute Gasteiger partial charge is 0.416 e. The lowest BCUT2D eigenvalue weighted by Gasteiger charge is -2.08. The van der Waals surface area contributed by atoms with Crippen molar-refractivity contribution in [2.75, 3.05) is 0 Å². The lowest BCUT2D eigenvalue weighted by Crippen LogP contribution is -2.09. The van der Waals surface area contributed by atoms with Gasteiger partial charge in [-0.25, -0.2) is 0 Å². The molecule has 0 aliphatic heterocycles. The summed E-state index contributed by atoms with van der Waals surface area (Å²) >= 11 is 3.29. The maximum atomic E-state index is 12.6. The van der Waals surface area contributed by atoms with Crippen LogP contribution in [0, 0.1) is 0 Å². The summed E-state index contributed by atoms with van der Waals surface area (Å²) in [7, 11) is 0. The Labute approximate surface area is 122 Å². The van der Waals surface area contributed by atoms with Crippen LogP contribution in [0.5, 0.6) is 0 Å². The summed E-state index contributed by atoms with van der Waals surface area (Å²) < 4.78 is 38.6. The van der Waals surface area contributed by atoms with Gasteiger partial charge in [-0.15, -0.1) is 0 Å². The van der Waals surface area contributed by atoms with Crippen LogP contribution in [0.4, 0.5) is 13.2 Å². The molecule has 0 aliphatic rings. The molecule has 2 rings (SSSR count). The second-order valence-electron chi connectivity index (χ2n) is 4.31. The highest BCUT2D eigenvalue weighted by molar-refractivity contribution is 9.10. The first kappa shape index (κ1) is 14.8. The van der Waals surface area contributed by atoms with Gasteiger partial charge in [-0.2, -0.15) is 13.2 Å². The molecule has 0 aliphatic carbocycles. The molecular weight excluding hydrogens is 333 g/mol. The molecule has 20 heavy (non-hydrogen) atoms. The highest BCUT2D eigenvalue weighted by atomic mass is 79.9. The Balaban J connectivity index is 2.22. The van der Waals surface area contributed by atoms with Gasteiger partial charge < -0.3 is 0 Å². The molecule has 0 spiro atoms. The molecule has 0 atom stereocenters. The number of benzene rings is 2. The summed E-state index contributed by atoms with van der Waals surface area (Å²) in [5.41, 5.74) is 0.0131. The van der Waals surface area contributed by atoms with E-state index in [1.54, 1.807) is 18.2 Å². The fraction of sp³-hybridized carbons (Fsp3) is 0.133. The number of ketones is 1. The number of hydrogen-bond donors (Lipinski definition) is 0. The van der Waals surface area contributed by atoms with E-state index in [9.17, 15) is 18.0 Å². The summed E-state index contributed by atoms with van der Waals surface area (Å²) in [6.45, 7) is 0. The summed E-state index contributed by atoms with van der Waals surface area (Å²) in [4.78, 5) is 12.0. The van der Waals surface area contributed by atoms with Crippen molar-refractivity contribution in [2.45, 2.75) is 12.6 Å². The van der Waals surface area contributed by atoms with Gasteiger partial charge in [0.15, 0.2) is 5.78 Å². The van der Waals surface area contributed by atoms with Crippen LogP contribution < -0.4 is 0 Å². The number of halogens is 4. The van der Waals surface area contributed by atoms with Crippen molar-refractivity contribution in [3.63, 3.8) is 0 Å². The van der Waals surface area contributed by atoms with E-state index in [0.717, 1.165) is 22.2 Å². The van der Waals surface area contributed by atoms with Crippen molar-refractivity contribution in [2.24, 2.45) is 0 Å². The lowest BCUT2D eigenvalue weighted by atomic mass is 10.0. The minimum atomic E-state index is -4.44. The topological polar surface area (TPSA) is 17.1 Å². The van der Waals surface area contributed by atoms with Crippen LogP contribution in [-0.4, -0.2) is 5.78 Å². The Bertz CT molecular complexity index is 635. The molecule has 0 saturated heterocycles. The van der Waals surface area contributed by atoms with Gasteiger partial charge in [-0.05, 0) is 29.8 Å². The minimum Gasteiger partial charge on any atom is -0.294 e. The summed E-state index contributed by atoms with van der Waals surface area (Å²) in [5.74, 6) is -0.339. The molecule has 0 heterocycles. The molecule has 0 unspecified atom stereocenters. The fourth-order valence-electron chi connectivity index (χ4n) is 1.80. The van der Waals surface area contributed by atoms with Crippen LogP contribution in [0.1, 0.15) is 21.5 Å². The van der Waals surface area contributed by atoms with E-state index in [0.29, 0.717) is 0 Å². The molecule has 0 saturated carbocycles. The van der Waals surface area contributed by atoms with E-state index in [1.807, 2.05) is 6.07 Å². The third kappa shape index (κ3) is 3.70. The van der Waals surface area contributed by atoms with Crippen LogP contribution in [0.2, 0.25) is 0 Å². The first-order valence-corrected chi connectivity index (χ1v) is 6.60. The van der Waals surface area contributed by atoms with Gasteiger partial charge in [0, 0.05) is 16.5 Å². The summed E-state index contributed by atoms with van der Waals surface area (Å²) in [5, 5.41) is 0. The number of carbonyl (C=O) groups excluding carboxylic acids is 1. The molecule has 0 fully saturated rings. The molecule has 1 nitrogen and oxygen atoms in total. The predicted molar refractivity (Wildman–Crippen MR) is 73.6 cm³/mol. The first-order chi connectivity index (χ1) is 9.36. The minimum absolute atomic E-state index is 0.0693. The maximum Gasteiger partial charge on any atom is 0.416 e. The zero-order valence-electron chi connectivity index (χ0n) is 10.2. The third-order valence-electron chi connectivity index (χ3n) is 2.77. The Kier molecular flexibility index (Phi) is 4.28. The molecular formula is C15H10BrF3O. The van der Waals surface area contributed by atoms with Crippen LogP contribution in [-0.2, 0) is 12.6 Å². The van der Waals surface area contributed by atoms with Gasteiger partial charge in [0.25, 0.3) is 0 Å². The molecule has 2 aromatic carbocycles. The molecule has 2 aromatic rings. The average Bonchev–Trinajstić information content (AvgIpc) is 2.38. The molecule has 104 valence electrons. The van der Waals surface area contributed by atoms with Crippen molar-refractivity contribution in [1.82, 2.24) is 0 Å². The monoisotopic (exact) mass is 342 g/mol. The highest BCUT2D eigenvalue weighted by Gasteiger charge is 2.30. The predicted octanol–water partition coefficient (Wildman–Crippen LogP) is 4.89. The highest BCUT2D eigenvalue weighted by Crippen LogP contribution is 2.29. The Morgan fingerprint density at radius 1 is 1.05 bits per heavy atom. The number of Topliss-reactive ketones (excluding diaryl/α,β-unsaturated/α-hetero) is 1. The third-order valence-corrected chi connectivity index (χ3v) is 3.26. The Hall–Kier alpha value is -1.62. The summed E-state index contributed by atoms with van der Waals surface area (Å²) in [6.07, 6.45) is -4.37. The van der Waals surface area contributed by atoms with E-state index in [4.69, 9.17) is 0 Å². The number of alkyl halides is 3. The van der Waals surface area contributed by atoms with Crippen LogP contribution in [0.15, 0.2) is 53.0 Å². The Morgan fingerprint density at radius 3 is 2.40 bits per heavy atom. The molecule has 0 radical (unpaired) electrons. The van der Waals surface area contributed by atoms with Crippen molar-refractivity contribution in [3.05, 3.63) is 69.7 Å². The second-order valence-corrected chi connectivity index (χ2v) is 5.22. The van der Waals surface area contributed by atoms with E-state index in [2.05, 4.69) is 15.9 Å². The van der Waals surface area contributed by atoms with Gasteiger partial charge in [0.1, 0.15) is 0 Å². The standard InChI is InChI=1S/C15H10BrF3O/c16-13-6-1-3-10(7-13)8-14(20)11-4-2-5-12(9-11)15(17,18)19/h1-7,9H,8H2. The summed E-state index contributed by atoms with van der Waals surface area (Å²) in [6, 6.07) is 11.6. The zero-order chi connectivity index (χ0) is 14.8. The van der Waals surface area contributed by atoms with Crippen molar-refractivity contribution in [1.29, 1.82) is 0 Å². The number of rotatable bonds is 3.